The van der Waals surface area contributed by atoms with Crippen LogP contribution in [-0.4, -0.2) is 34.4 Å². The summed E-state index contributed by atoms with van der Waals surface area (Å²) in [5.74, 6) is 0.953. The highest BCUT2D eigenvalue weighted by Gasteiger charge is 2.22. The minimum absolute atomic E-state index is 0.0877. The molecule has 2 unspecified atom stereocenters. The topological polar surface area (TPSA) is 61.3 Å². The summed E-state index contributed by atoms with van der Waals surface area (Å²) in [6.45, 7) is 4.25. The van der Waals surface area contributed by atoms with Crippen LogP contribution in [0, 0.1) is 0 Å². The highest BCUT2D eigenvalue weighted by Crippen LogP contribution is 2.20. The molecule has 0 aliphatic carbocycles. The molecule has 0 amide bonds. The van der Waals surface area contributed by atoms with E-state index < -0.39 is 0 Å². The maximum Gasteiger partial charge on any atom is 0.151 e. The maximum atomic E-state index is 9.29. The molecule has 2 heterocycles. The fourth-order valence-electron chi connectivity index (χ4n) is 3.19. The van der Waals surface area contributed by atoms with Crippen molar-refractivity contribution in [3.63, 3.8) is 0 Å². The Morgan fingerprint density at radius 3 is 3.04 bits per heavy atom. The van der Waals surface area contributed by atoms with Gasteiger partial charge in [-0.1, -0.05) is 24.3 Å². The zero-order valence-corrected chi connectivity index (χ0v) is 13.5. The van der Waals surface area contributed by atoms with Crippen molar-refractivity contribution in [2.24, 2.45) is 0 Å². The number of hydrogen-bond acceptors (Lipinski definition) is 5. The summed E-state index contributed by atoms with van der Waals surface area (Å²) >= 11 is 0. The average molecular weight is 312 g/mol. The summed E-state index contributed by atoms with van der Waals surface area (Å²) in [5, 5.41) is 21.2. The first kappa shape index (κ1) is 15.9. The first-order valence-electron chi connectivity index (χ1n) is 8.24. The summed E-state index contributed by atoms with van der Waals surface area (Å²) in [7, 11) is 0. The molecule has 1 fully saturated rings. The third-order valence-corrected chi connectivity index (χ3v) is 4.42. The van der Waals surface area contributed by atoms with Crippen molar-refractivity contribution in [3.05, 3.63) is 53.7 Å². The quantitative estimate of drug-likeness (QED) is 0.887. The van der Waals surface area contributed by atoms with Crippen molar-refractivity contribution in [2.45, 2.75) is 38.5 Å². The summed E-state index contributed by atoms with van der Waals surface area (Å²) in [6.07, 6.45) is 4.03. The molecule has 2 N–H and O–H groups in total. The van der Waals surface area contributed by atoms with Gasteiger partial charge in [0.15, 0.2) is 5.82 Å². The number of hydrogen-bond donors (Lipinski definition) is 2. The van der Waals surface area contributed by atoms with Crippen LogP contribution in [0.4, 0.5) is 5.82 Å². The van der Waals surface area contributed by atoms with E-state index in [4.69, 9.17) is 0 Å². The Bertz CT molecular complexity index is 619. The molecule has 2 aromatic rings. The normalized spacial score (nSPS) is 19.6. The Morgan fingerprint density at radius 2 is 2.26 bits per heavy atom. The van der Waals surface area contributed by atoms with Crippen LogP contribution in [0.5, 0.6) is 0 Å². The smallest absolute Gasteiger partial charge is 0.151 e. The van der Waals surface area contributed by atoms with Gasteiger partial charge in [-0.3, -0.25) is 0 Å². The van der Waals surface area contributed by atoms with Gasteiger partial charge in [0.05, 0.1) is 6.61 Å². The van der Waals surface area contributed by atoms with Gasteiger partial charge in [-0.25, -0.2) is 0 Å². The van der Waals surface area contributed by atoms with Gasteiger partial charge in [-0.05, 0) is 43.0 Å². The fourth-order valence-corrected chi connectivity index (χ4v) is 3.19. The van der Waals surface area contributed by atoms with Crippen LogP contribution >= 0.6 is 0 Å². The third kappa shape index (κ3) is 4.06. The summed E-state index contributed by atoms with van der Waals surface area (Å²) in [4.78, 5) is 2.30. The number of aromatic nitrogens is 2. The Kier molecular flexibility index (Phi) is 5.20. The largest absolute Gasteiger partial charge is 0.392 e. The van der Waals surface area contributed by atoms with Crippen molar-refractivity contribution in [1.82, 2.24) is 15.5 Å². The molecule has 0 saturated carbocycles. The van der Waals surface area contributed by atoms with Gasteiger partial charge in [-0.2, -0.15) is 5.10 Å². The van der Waals surface area contributed by atoms with Crippen molar-refractivity contribution >= 4 is 5.82 Å². The van der Waals surface area contributed by atoms with E-state index in [1.54, 1.807) is 6.20 Å². The van der Waals surface area contributed by atoms with Crippen LogP contribution in [0.15, 0.2) is 42.6 Å². The lowest BCUT2D eigenvalue weighted by atomic mass is 10.0. The minimum Gasteiger partial charge on any atom is -0.392 e. The van der Waals surface area contributed by atoms with Crippen LogP contribution in [-0.2, 0) is 6.61 Å². The molecular weight excluding hydrogens is 288 g/mol. The van der Waals surface area contributed by atoms with Gasteiger partial charge in [-0.15, -0.1) is 5.10 Å². The second-order valence-electron chi connectivity index (χ2n) is 6.16. The predicted octanol–water partition coefficient (Wildman–Crippen LogP) is 2.29. The predicted molar refractivity (Wildman–Crippen MR) is 91.2 cm³/mol. The van der Waals surface area contributed by atoms with E-state index >= 15 is 0 Å². The fraction of sp³-hybridized carbons (Fsp3) is 0.444. The van der Waals surface area contributed by atoms with E-state index in [1.165, 1.54) is 12.0 Å². The zero-order valence-electron chi connectivity index (χ0n) is 13.5. The van der Waals surface area contributed by atoms with Crippen molar-refractivity contribution in [3.8, 4) is 0 Å². The Hall–Kier alpha value is -1.98. The molecule has 0 spiro atoms. The van der Waals surface area contributed by atoms with E-state index in [0.717, 1.165) is 30.9 Å². The molecule has 0 bridgehead atoms. The Labute approximate surface area is 137 Å². The number of anilines is 1. The number of rotatable bonds is 5. The van der Waals surface area contributed by atoms with Gasteiger partial charge in [0.1, 0.15) is 0 Å². The van der Waals surface area contributed by atoms with Gasteiger partial charge >= 0.3 is 0 Å². The number of nitrogens with zero attached hydrogens (tertiary/aromatic N) is 3. The van der Waals surface area contributed by atoms with E-state index in [2.05, 4.69) is 39.5 Å². The van der Waals surface area contributed by atoms with Crippen molar-refractivity contribution in [2.75, 3.05) is 18.0 Å². The molecule has 1 aliphatic heterocycles. The first-order chi connectivity index (χ1) is 11.3. The second-order valence-corrected chi connectivity index (χ2v) is 6.16. The third-order valence-electron chi connectivity index (χ3n) is 4.42. The molecule has 23 heavy (non-hydrogen) atoms. The lowest BCUT2D eigenvalue weighted by Gasteiger charge is -2.35. The average Bonchev–Trinajstić information content (AvgIpc) is 2.63. The van der Waals surface area contributed by atoms with Crippen LogP contribution in [0.1, 0.15) is 36.9 Å². The van der Waals surface area contributed by atoms with Crippen molar-refractivity contribution in [1.29, 1.82) is 0 Å². The van der Waals surface area contributed by atoms with Crippen molar-refractivity contribution < 1.29 is 5.11 Å². The SMILES string of the molecule is CC(NC1CCCN(c2cccnn2)C1)c1cccc(CO)c1. The highest BCUT2D eigenvalue weighted by atomic mass is 16.3. The molecule has 2 atom stereocenters. The molecule has 3 rings (SSSR count). The molecule has 5 nitrogen and oxygen atoms in total. The van der Waals surface area contributed by atoms with Crippen LogP contribution in [0.2, 0.25) is 0 Å². The molecule has 1 aromatic carbocycles. The number of aliphatic hydroxyl groups excluding tert-OH is 1. The molecule has 122 valence electrons. The highest BCUT2D eigenvalue weighted by molar-refractivity contribution is 5.37. The Morgan fingerprint density at radius 1 is 1.35 bits per heavy atom. The molecule has 1 aromatic heterocycles. The molecule has 1 saturated heterocycles. The standard InChI is InChI=1S/C18H24N4O/c1-14(16-6-2-5-15(11-16)13-23)20-17-7-4-10-22(12-17)18-8-3-9-19-21-18/h2-3,5-6,8-9,11,14,17,20,23H,4,7,10,12-13H2,1H3. The summed E-state index contributed by atoms with van der Waals surface area (Å²) in [6, 6.07) is 12.8. The second kappa shape index (κ2) is 7.53. The number of piperidine rings is 1. The van der Waals surface area contributed by atoms with Gasteiger partial charge in [0.2, 0.25) is 0 Å². The molecule has 0 radical (unpaired) electrons. The number of benzene rings is 1. The summed E-state index contributed by atoms with van der Waals surface area (Å²) in [5.41, 5.74) is 2.18. The van der Waals surface area contributed by atoms with E-state index in [1.807, 2.05) is 24.3 Å². The van der Waals surface area contributed by atoms with Crippen LogP contribution in [0.3, 0.4) is 0 Å². The lowest BCUT2D eigenvalue weighted by Crippen LogP contribution is -2.46. The maximum absolute atomic E-state index is 9.29. The molecule has 1 aliphatic rings. The van der Waals surface area contributed by atoms with Gasteiger partial charge in [0.25, 0.3) is 0 Å². The zero-order chi connectivity index (χ0) is 16.1. The number of aliphatic hydroxyl groups is 1. The van der Waals surface area contributed by atoms with E-state index in [0.29, 0.717) is 6.04 Å². The molecular formula is C18H24N4O. The van der Waals surface area contributed by atoms with E-state index in [9.17, 15) is 5.11 Å². The molecule has 5 heteroatoms. The Balaban J connectivity index is 1.63. The van der Waals surface area contributed by atoms with Crippen LogP contribution in [0.25, 0.3) is 0 Å². The van der Waals surface area contributed by atoms with Crippen LogP contribution < -0.4 is 10.2 Å². The number of nitrogens with one attached hydrogen (secondary N) is 1. The first-order valence-corrected chi connectivity index (χ1v) is 8.24. The summed E-state index contributed by atoms with van der Waals surface area (Å²) < 4.78 is 0. The van der Waals surface area contributed by atoms with E-state index in [-0.39, 0.29) is 12.6 Å². The van der Waals surface area contributed by atoms with Gasteiger partial charge < -0.3 is 15.3 Å². The lowest BCUT2D eigenvalue weighted by molar-refractivity contribution is 0.281. The van der Waals surface area contributed by atoms with Gasteiger partial charge in [0, 0.05) is 31.4 Å². The monoisotopic (exact) mass is 312 g/mol. The minimum atomic E-state index is 0.0877.